The van der Waals surface area contributed by atoms with E-state index in [1.165, 1.54) is 6.92 Å². The predicted octanol–water partition coefficient (Wildman–Crippen LogP) is 3.04. The fourth-order valence-electron chi connectivity index (χ4n) is 1.53. The van der Waals surface area contributed by atoms with E-state index < -0.39 is 0 Å². The molecule has 1 heterocycles. The van der Waals surface area contributed by atoms with Gasteiger partial charge in [-0.15, -0.1) is 0 Å². The van der Waals surface area contributed by atoms with Crippen LogP contribution in [0, 0.1) is 6.92 Å². The Bertz CT molecular complexity index is 526. The van der Waals surface area contributed by atoms with Gasteiger partial charge in [0.1, 0.15) is 0 Å². The number of carbonyl (C=O) groups excluding carboxylic acids is 1. The molecule has 0 bridgehead atoms. The van der Waals surface area contributed by atoms with Crippen molar-refractivity contribution in [3.63, 3.8) is 0 Å². The molecule has 2 rings (SSSR count). The van der Waals surface area contributed by atoms with E-state index in [4.69, 9.17) is 11.6 Å². The molecule has 0 radical (unpaired) electrons. The highest BCUT2D eigenvalue weighted by Crippen LogP contribution is 2.19. The summed E-state index contributed by atoms with van der Waals surface area (Å²) in [5.41, 5.74) is 2.15. The molecule has 0 atom stereocenters. The number of halogens is 1. The molecule has 0 fully saturated rings. The predicted molar refractivity (Wildman–Crippen MR) is 63.3 cm³/mol. The lowest BCUT2D eigenvalue weighted by atomic mass is 10.1. The number of Topliss-reactive ketones (excluding diaryl/α,β-unsaturated/α-hetero) is 1. The minimum Gasteiger partial charge on any atom is -0.294 e. The Hall–Kier alpha value is -1.61. The zero-order chi connectivity index (χ0) is 11.7. The van der Waals surface area contributed by atoms with Crippen molar-refractivity contribution in [3.8, 4) is 5.69 Å². The molecule has 0 aliphatic heterocycles. The quantitative estimate of drug-likeness (QED) is 0.749. The van der Waals surface area contributed by atoms with Gasteiger partial charge in [-0.05, 0) is 26.0 Å². The molecule has 3 nitrogen and oxygen atoms in total. The second-order valence-electron chi connectivity index (χ2n) is 3.58. The molecule has 0 aliphatic carbocycles. The van der Waals surface area contributed by atoms with Gasteiger partial charge in [0.2, 0.25) is 0 Å². The molecule has 0 aliphatic rings. The second kappa shape index (κ2) is 4.10. The van der Waals surface area contributed by atoms with Gasteiger partial charge in [-0.1, -0.05) is 23.7 Å². The van der Waals surface area contributed by atoms with E-state index in [2.05, 4.69) is 5.10 Å². The molecule has 2 aromatic rings. The highest BCUT2D eigenvalue weighted by molar-refractivity contribution is 6.31. The summed E-state index contributed by atoms with van der Waals surface area (Å²) in [5, 5.41) is 4.85. The normalized spacial score (nSPS) is 10.4. The number of aryl methyl sites for hydroxylation is 1. The average Bonchev–Trinajstić information content (AvgIpc) is 2.59. The first-order valence-corrected chi connectivity index (χ1v) is 5.29. The zero-order valence-electron chi connectivity index (χ0n) is 9.07. The number of hydrogen-bond acceptors (Lipinski definition) is 2. The van der Waals surface area contributed by atoms with Crippen molar-refractivity contribution in [2.24, 2.45) is 0 Å². The Kier molecular flexibility index (Phi) is 2.79. The summed E-state index contributed by atoms with van der Waals surface area (Å²) >= 11 is 5.94. The van der Waals surface area contributed by atoms with Gasteiger partial charge in [0.05, 0.1) is 16.4 Å². The van der Waals surface area contributed by atoms with Gasteiger partial charge in [0.25, 0.3) is 0 Å². The van der Waals surface area contributed by atoms with Crippen molar-refractivity contribution in [2.75, 3.05) is 0 Å². The van der Waals surface area contributed by atoms with Crippen molar-refractivity contribution < 1.29 is 4.79 Å². The topological polar surface area (TPSA) is 34.9 Å². The summed E-state index contributed by atoms with van der Waals surface area (Å²) in [6.45, 7) is 3.37. The van der Waals surface area contributed by atoms with Gasteiger partial charge in [-0.25, -0.2) is 4.68 Å². The average molecular weight is 235 g/mol. The minimum atomic E-state index is 0.0138. The van der Waals surface area contributed by atoms with Crippen LogP contribution >= 0.6 is 11.6 Å². The summed E-state index contributed by atoms with van der Waals surface area (Å²) in [7, 11) is 0. The number of para-hydroxylation sites is 1. The van der Waals surface area contributed by atoms with E-state index in [0.717, 1.165) is 11.4 Å². The van der Waals surface area contributed by atoms with Crippen LogP contribution in [-0.4, -0.2) is 15.6 Å². The molecule has 0 saturated carbocycles. The Morgan fingerprint density at radius 3 is 2.62 bits per heavy atom. The number of benzene rings is 1. The number of nitrogens with zero attached hydrogens (tertiary/aromatic N) is 2. The maximum absolute atomic E-state index is 11.5. The Morgan fingerprint density at radius 1 is 1.38 bits per heavy atom. The molecule has 0 unspecified atom stereocenters. The molecule has 0 spiro atoms. The van der Waals surface area contributed by atoms with Crippen LogP contribution in [0.3, 0.4) is 0 Å². The molecule has 1 aromatic heterocycles. The standard InChI is InChI=1S/C12H11ClN2O/c1-8-11(13)7-15(14-8)12-6-4-3-5-10(12)9(2)16/h3-7H,1-2H3. The first kappa shape index (κ1) is 10.9. The molecule has 0 saturated heterocycles. The van der Waals surface area contributed by atoms with Crippen molar-refractivity contribution in [2.45, 2.75) is 13.8 Å². The van der Waals surface area contributed by atoms with Gasteiger partial charge >= 0.3 is 0 Å². The van der Waals surface area contributed by atoms with Crippen LogP contribution in [0.2, 0.25) is 5.02 Å². The van der Waals surface area contributed by atoms with Crippen LogP contribution in [-0.2, 0) is 0 Å². The monoisotopic (exact) mass is 234 g/mol. The zero-order valence-corrected chi connectivity index (χ0v) is 9.82. The van der Waals surface area contributed by atoms with Crippen molar-refractivity contribution in [1.29, 1.82) is 0 Å². The number of carbonyl (C=O) groups is 1. The Labute approximate surface area is 98.7 Å². The summed E-state index contributed by atoms with van der Waals surface area (Å²) in [4.78, 5) is 11.5. The highest BCUT2D eigenvalue weighted by atomic mass is 35.5. The smallest absolute Gasteiger partial charge is 0.161 e. The molecule has 16 heavy (non-hydrogen) atoms. The van der Waals surface area contributed by atoms with Crippen LogP contribution in [0.4, 0.5) is 0 Å². The van der Waals surface area contributed by atoms with Crippen LogP contribution in [0.5, 0.6) is 0 Å². The molecular formula is C12H11ClN2O. The summed E-state index contributed by atoms with van der Waals surface area (Å²) in [6, 6.07) is 7.33. The van der Waals surface area contributed by atoms with Gasteiger partial charge in [0, 0.05) is 11.8 Å². The van der Waals surface area contributed by atoms with Crippen LogP contribution in [0.25, 0.3) is 5.69 Å². The van der Waals surface area contributed by atoms with Crippen LogP contribution in [0.1, 0.15) is 23.0 Å². The molecule has 82 valence electrons. The van der Waals surface area contributed by atoms with E-state index >= 15 is 0 Å². The molecule has 1 aromatic carbocycles. The van der Waals surface area contributed by atoms with Gasteiger partial charge in [-0.3, -0.25) is 4.79 Å². The molecule has 4 heteroatoms. The lowest BCUT2D eigenvalue weighted by molar-refractivity contribution is 0.101. The van der Waals surface area contributed by atoms with E-state index in [1.807, 2.05) is 25.1 Å². The summed E-state index contributed by atoms with van der Waals surface area (Å²) in [6.07, 6.45) is 1.71. The second-order valence-corrected chi connectivity index (χ2v) is 3.99. The van der Waals surface area contributed by atoms with Crippen molar-refractivity contribution in [3.05, 3.63) is 46.7 Å². The van der Waals surface area contributed by atoms with E-state index in [-0.39, 0.29) is 5.78 Å². The maximum Gasteiger partial charge on any atom is 0.161 e. The van der Waals surface area contributed by atoms with Crippen molar-refractivity contribution in [1.82, 2.24) is 9.78 Å². The van der Waals surface area contributed by atoms with E-state index in [9.17, 15) is 4.79 Å². The maximum atomic E-state index is 11.5. The minimum absolute atomic E-state index is 0.0138. The Balaban J connectivity index is 2.59. The number of rotatable bonds is 2. The number of ketones is 1. The van der Waals surface area contributed by atoms with Crippen LogP contribution < -0.4 is 0 Å². The first-order chi connectivity index (χ1) is 7.59. The van der Waals surface area contributed by atoms with Crippen LogP contribution in [0.15, 0.2) is 30.5 Å². The Morgan fingerprint density at radius 2 is 2.06 bits per heavy atom. The van der Waals surface area contributed by atoms with E-state index in [1.54, 1.807) is 16.9 Å². The third-order valence-corrected chi connectivity index (χ3v) is 2.74. The number of hydrogen-bond donors (Lipinski definition) is 0. The van der Waals surface area contributed by atoms with E-state index in [0.29, 0.717) is 10.6 Å². The van der Waals surface area contributed by atoms with Gasteiger partial charge in [0.15, 0.2) is 5.78 Å². The lowest BCUT2D eigenvalue weighted by Crippen LogP contribution is -2.03. The first-order valence-electron chi connectivity index (χ1n) is 4.91. The largest absolute Gasteiger partial charge is 0.294 e. The summed E-state index contributed by atoms with van der Waals surface area (Å²) < 4.78 is 1.63. The molecular weight excluding hydrogens is 224 g/mol. The SMILES string of the molecule is CC(=O)c1ccccc1-n1cc(Cl)c(C)n1. The van der Waals surface area contributed by atoms with Gasteiger partial charge < -0.3 is 0 Å². The summed E-state index contributed by atoms with van der Waals surface area (Å²) in [5.74, 6) is 0.0138. The van der Waals surface area contributed by atoms with Gasteiger partial charge in [-0.2, -0.15) is 5.10 Å². The number of aromatic nitrogens is 2. The molecule has 0 N–H and O–H groups in total. The third kappa shape index (κ3) is 1.86. The highest BCUT2D eigenvalue weighted by Gasteiger charge is 2.10. The fraction of sp³-hybridized carbons (Fsp3) is 0.167. The van der Waals surface area contributed by atoms with Crippen molar-refractivity contribution >= 4 is 17.4 Å². The fourth-order valence-corrected chi connectivity index (χ4v) is 1.66. The third-order valence-electron chi connectivity index (χ3n) is 2.37. The lowest BCUT2D eigenvalue weighted by Gasteiger charge is -2.05. The molecule has 0 amide bonds.